The molecule has 1 heterocycles. The predicted octanol–water partition coefficient (Wildman–Crippen LogP) is 4.38. The van der Waals surface area contributed by atoms with E-state index in [2.05, 4.69) is 39.0 Å². The van der Waals surface area contributed by atoms with Crippen molar-refractivity contribution in [1.29, 1.82) is 0 Å². The van der Waals surface area contributed by atoms with E-state index in [0.29, 0.717) is 16.7 Å². The zero-order valence-electron chi connectivity index (χ0n) is 19.2. The van der Waals surface area contributed by atoms with Gasteiger partial charge in [0.25, 0.3) is 0 Å². The van der Waals surface area contributed by atoms with Crippen LogP contribution in [0.15, 0.2) is 47.6 Å². The van der Waals surface area contributed by atoms with Gasteiger partial charge in [0.2, 0.25) is 11.8 Å². The van der Waals surface area contributed by atoms with Gasteiger partial charge in [0.05, 0.1) is 17.5 Å². The number of hydrogen-bond acceptors (Lipinski definition) is 5. The van der Waals surface area contributed by atoms with E-state index in [0.717, 1.165) is 24.1 Å². The first-order valence-corrected chi connectivity index (χ1v) is 12.2. The lowest BCUT2D eigenvalue weighted by Gasteiger charge is -2.20. The molecule has 1 aromatic heterocycles. The van der Waals surface area contributed by atoms with E-state index in [1.165, 1.54) is 42.7 Å². The first-order valence-electron chi connectivity index (χ1n) is 11.2. The molecule has 172 valence electrons. The van der Waals surface area contributed by atoms with Crippen LogP contribution in [0.4, 0.5) is 5.69 Å². The van der Waals surface area contributed by atoms with Crippen LogP contribution in [0.5, 0.6) is 0 Å². The number of hydrogen-bond donors (Lipinski definition) is 2. The maximum absolute atomic E-state index is 12.7. The minimum Gasteiger partial charge on any atom is -0.349 e. The molecule has 0 bridgehead atoms. The quantitative estimate of drug-likeness (QED) is 0.508. The van der Waals surface area contributed by atoms with Crippen LogP contribution in [0.3, 0.4) is 0 Å². The molecule has 0 saturated carbocycles. The average Bonchev–Trinajstić information content (AvgIpc) is 3.17. The number of aryl methyl sites for hydroxylation is 3. The van der Waals surface area contributed by atoms with Crippen molar-refractivity contribution in [2.75, 3.05) is 11.1 Å². The lowest BCUT2D eigenvalue weighted by Crippen LogP contribution is -2.28. The van der Waals surface area contributed by atoms with Crippen LogP contribution >= 0.6 is 11.8 Å². The molecule has 3 aromatic rings. The Kier molecular flexibility index (Phi) is 7.13. The number of rotatable bonds is 7. The molecule has 1 unspecified atom stereocenters. The van der Waals surface area contributed by atoms with Crippen molar-refractivity contribution in [3.63, 3.8) is 0 Å². The molecule has 1 aliphatic rings. The van der Waals surface area contributed by atoms with Gasteiger partial charge in [-0.25, -0.2) is 0 Å². The second-order valence-corrected chi connectivity index (χ2v) is 9.35. The van der Waals surface area contributed by atoms with E-state index >= 15 is 0 Å². The summed E-state index contributed by atoms with van der Waals surface area (Å²) in [6, 6.07) is 14.0. The second-order valence-electron chi connectivity index (χ2n) is 8.41. The van der Waals surface area contributed by atoms with Crippen LogP contribution in [0.1, 0.15) is 55.2 Å². The minimum absolute atomic E-state index is 0.0515. The molecule has 1 aliphatic carbocycles. The Bertz CT molecular complexity index is 1170. The summed E-state index contributed by atoms with van der Waals surface area (Å²) in [5, 5.41) is 15.0. The van der Waals surface area contributed by atoms with E-state index in [-0.39, 0.29) is 23.6 Å². The SMILES string of the molecule is CC(=O)Nc1cccc(-n2c(C)nnc2SCC(=O)NC(C)c2ccc3c(c2)CCCC3)c1. The molecule has 2 N–H and O–H groups in total. The van der Waals surface area contributed by atoms with E-state index < -0.39 is 0 Å². The van der Waals surface area contributed by atoms with Crippen LogP contribution < -0.4 is 10.6 Å². The van der Waals surface area contributed by atoms with Crippen LogP contribution in [0.2, 0.25) is 0 Å². The van der Waals surface area contributed by atoms with Crippen molar-refractivity contribution in [2.24, 2.45) is 0 Å². The molecular formula is C25H29N5O2S. The fourth-order valence-corrected chi connectivity index (χ4v) is 4.99. The van der Waals surface area contributed by atoms with E-state index in [4.69, 9.17) is 0 Å². The third kappa shape index (κ3) is 5.63. The highest BCUT2D eigenvalue weighted by Crippen LogP contribution is 2.26. The van der Waals surface area contributed by atoms with Crippen molar-refractivity contribution in [1.82, 2.24) is 20.1 Å². The molecule has 33 heavy (non-hydrogen) atoms. The Labute approximate surface area is 198 Å². The Morgan fingerprint density at radius 2 is 1.88 bits per heavy atom. The third-order valence-corrected chi connectivity index (χ3v) is 6.73. The smallest absolute Gasteiger partial charge is 0.230 e. The summed E-state index contributed by atoms with van der Waals surface area (Å²) in [4.78, 5) is 24.1. The maximum atomic E-state index is 12.7. The number of thioether (sulfide) groups is 1. The molecule has 4 rings (SSSR count). The van der Waals surface area contributed by atoms with E-state index in [1.54, 1.807) is 0 Å². The number of aromatic nitrogens is 3. The summed E-state index contributed by atoms with van der Waals surface area (Å²) in [7, 11) is 0. The normalized spacial score (nSPS) is 13.8. The first kappa shape index (κ1) is 23.0. The number of amides is 2. The van der Waals surface area contributed by atoms with Crippen LogP contribution in [0.25, 0.3) is 5.69 Å². The monoisotopic (exact) mass is 463 g/mol. The predicted molar refractivity (Wildman–Crippen MR) is 131 cm³/mol. The van der Waals surface area contributed by atoms with Crippen LogP contribution in [-0.4, -0.2) is 32.3 Å². The van der Waals surface area contributed by atoms with Gasteiger partial charge in [0, 0.05) is 12.6 Å². The number of carbonyl (C=O) groups is 2. The summed E-state index contributed by atoms with van der Waals surface area (Å²) < 4.78 is 1.89. The van der Waals surface area contributed by atoms with Crippen molar-refractivity contribution in [2.45, 2.75) is 57.7 Å². The number of nitrogens with zero attached hydrogens (tertiary/aromatic N) is 3. The molecule has 2 amide bonds. The van der Waals surface area contributed by atoms with Gasteiger partial charge in [-0.1, -0.05) is 36.0 Å². The molecular weight excluding hydrogens is 434 g/mol. The third-order valence-electron chi connectivity index (χ3n) is 5.80. The van der Waals surface area contributed by atoms with E-state index in [1.807, 2.05) is 42.7 Å². The highest BCUT2D eigenvalue weighted by atomic mass is 32.2. The number of anilines is 1. The first-order chi connectivity index (χ1) is 15.9. The summed E-state index contributed by atoms with van der Waals surface area (Å²) in [5.74, 6) is 0.760. The minimum atomic E-state index is -0.132. The van der Waals surface area contributed by atoms with Gasteiger partial charge in [-0.05, 0) is 74.4 Å². The zero-order valence-corrected chi connectivity index (χ0v) is 20.0. The fourth-order valence-electron chi connectivity index (χ4n) is 4.18. The van der Waals surface area contributed by atoms with Crippen molar-refractivity contribution in [3.8, 4) is 5.69 Å². The molecule has 0 spiro atoms. The summed E-state index contributed by atoms with van der Waals surface area (Å²) >= 11 is 1.34. The van der Waals surface area contributed by atoms with Gasteiger partial charge in [-0.2, -0.15) is 0 Å². The Morgan fingerprint density at radius 3 is 2.67 bits per heavy atom. The lowest BCUT2D eigenvalue weighted by molar-refractivity contribution is -0.119. The van der Waals surface area contributed by atoms with Crippen molar-refractivity contribution >= 4 is 29.3 Å². The van der Waals surface area contributed by atoms with E-state index in [9.17, 15) is 9.59 Å². The number of benzene rings is 2. The standard InChI is InChI=1S/C25H29N5O2S/c1-16(20-12-11-19-7-4-5-8-21(19)13-20)26-24(32)15-33-25-29-28-17(2)30(25)23-10-6-9-22(14-23)27-18(3)31/h6,9-14,16H,4-5,7-8,15H2,1-3H3,(H,26,32)(H,27,31). The largest absolute Gasteiger partial charge is 0.349 e. The molecule has 0 fully saturated rings. The van der Waals surface area contributed by atoms with Gasteiger partial charge in [-0.3, -0.25) is 14.2 Å². The van der Waals surface area contributed by atoms with Gasteiger partial charge in [0.1, 0.15) is 5.82 Å². The summed E-state index contributed by atoms with van der Waals surface area (Å²) in [6.07, 6.45) is 4.78. The summed E-state index contributed by atoms with van der Waals surface area (Å²) in [6.45, 7) is 5.36. The van der Waals surface area contributed by atoms with Gasteiger partial charge in [-0.15, -0.1) is 10.2 Å². The second kappa shape index (κ2) is 10.2. The highest BCUT2D eigenvalue weighted by Gasteiger charge is 2.17. The molecule has 7 nitrogen and oxygen atoms in total. The van der Waals surface area contributed by atoms with Gasteiger partial charge in [0.15, 0.2) is 5.16 Å². The topological polar surface area (TPSA) is 88.9 Å². The number of fused-ring (bicyclic) bond motifs is 1. The van der Waals surface area contributed by atoms with Crippen molar-refractivity contribution < 1.29 is 9.59 Å². The average molecular weight is 464 g/mol. The highest BCUT2D eigenvalue weighted by molar-refractivity contribution is 7.99. The molecule has 0 radical (unpaired) electrons. The number of nitrogens with one attached hydrogen (secondary N) is 2. The zero-order chi connectivity index (χ0) is 23.4. The molecule has 2 aromatic carbocycles. The van der Waals surface area contributed by atoms with Crippen LogP contribution in [0, 0.1) is 6.92 Å². The van der Waals surface area contributed by atoms with Gasteiger partial charge >= 0.3 is 0 Å². The van der Waals surface area contributed by atoms with Gasteiger partial charge < -0.3 is 10.6 Å². The van der Waals surface area contributed by atoms with Crippen LogP contribution in [-0.2, 0) is 22.4 Å². The molecule has 0 saturated heterocycles. The summed E-state index contributed by atoms with van der Waals surface area (Å²) in [5.41, 5.74) is 5.52. The fraction of sp³-hybridized carbons (Fsp3) is 0.360. The Hall–Kier alpha value is -3.13. The number of carbonyl (C=O) groups excluding carboxylic acids is 2. The van der Waals surface area contributed by atoms with Crippen molar-refractivity contribution in [3.05, 3.63) is 65.0 Å². The molecule has 8 heteroatoms. The Morgan fingerprint density at radius 1 is 1.09 bits per heavy atom. The molecule has 0 aliphatic heterocycles. The molecule has 1 atom stereocenters. The Balaban J connectivity index is 1.41. The maximum Gasteiger partial charge on any atom is 0.230 e. The lowest BCUT2D eigenvalue weighted by atomic mass is 9.89.